The highest BCUT2D eigenvalue weighted by Crippen LogP contribution is 2.28. The SMILES string of the molecule is CCC1CCN(C(C)c2ccccc2)C1.CCN. The summed E-state index contributed by atoms with van der Waals surface area (Å²) >= 11 is 0. The first-order chi connectivity index (χ1) is 8.72. The van der Waals surface area contributed by atoms with Gasteiger partial charge in [-0.25, -0.2) is 0 Å². The minimum Gasteiger partial charge on any atom is -0.331 e. The molecule has 18 heavy (non-hydrogen) atoms. The summed E-state index contributed by atoms with van der Waals surface area (Å²) in [6.07, 6.45) is 2.71. The highest BCUT2D eigenvalue weighted by atomic mass is 15.2. The molecule has 2 nitrogen and oxygen atoms in total. The first-order valence-corrected chi connectivity index (χ1v) is 7.21. The van der Waals surface area contributed by atoms with Gasteiger partial charge in [0.05, 0.1) is 0 Å². The largest absolute Gasteiger partial charge is 0.331 e. The van der Waals surface area contributed by atoms with Crippen LogP contribution in [-0.2, 0) is 0 Å². The average Bonchev–Trinajstić information content (AvgIpc) is 2.88. The number of nitrogens with two attached hydrogens (primary N) is 1. The second kappa shape index (κ2) is 8.28. The second-order valence-electron chi connectivity index (χ2n) is 5.05. The van der Waals surface area contributed by atoms with Crippen molar-refractivity contribution in [1.82, 2.24) is 4.90 Å². The fourth-order valence-electron chi connectivity index (χ4n) is 2.49. The highest BCUT2D eigenvalue weighted by Gasteiger charge is 2.25. The van der Waals surface area contributed by atoms with E-state index in [1.54, 1.807) is 0 Å². The molecule has 1 aliphatic rings. The van der Waals surface area contributed by atoms with E-state index in [1.165, 1.54) is 31.5 Å². The van der Waals surface area contributed by atoms with E-state index < -0.39 is 0 Å². The van der Waals surface area contributed by atoms with Crippen LogP contribution in [0.1, 0.15) is 45.2 Å². The zero-order valence-corrected chi connectivity index (χ0v) is 12.1. The normalized spacial score (nSPS) is 21.2. The molecule has 0 aromatic heterocycles. The van der Waals surface area contributed by atoms with Gasteiger partial charge in [0.1, 0.15) is 0 Å². The zero-order chi connectivity index (χ0) is 13.4. The summed E-state index contributed by atoms with van der Waals surface area (Å²) in [6, 6.07) is 11.4. The molecule has 0 saturated carbocycles. The number of nitrogens with zero attached hydrogens (tertiary/aromatic N) is 1. The summed E-state index contributed by atoms with van der Waals surface area (Å²) in [5.74, 6) is 0.927. The maximum atomic E-state index is 4.85. The molecule has 2 N–H and O–H groups in total. The fourth-order valence-corrected chi connectivity index (χ4v) is 2.49. The predicted octanol–water partition coefficient (Wildman–Crippen LogP) is 3.44. The van der Waals surface area contributed by atoms with E-state index in [9.17, 15) is 0 Å². The fraction of sp³-hybridized carbons (Fsp3) is 0.625. The van der Waals surface area contributed by atoms with Gasteiger partial charge in [-0.3, -0.25) is 4.90 Å². The van der Waals surface area contributed by atoms with E-state index in [0.717, 1.165) is 12.5 Å². The first-order valence-electron chi connectivity index (χ1n) is 7.21. The molecule has 1 aromatic carbocycles. The Morgan fingerprint density at radius 3 is 2.39 bits per heavy atom. The van der Waals surface area contributed by atoms with Gasteiger partial charge in [-0.1, -0.05) is 50.6 Å². The lowest BCUT2D eigenvalue weighted by atomic mass is 10.1. The van der Waals surface area contributed by atoms with Gasteiger partial charge in [-0.2, -0.15) is 0 Å². The lowest BCUT2D eigenvalue weighted by Crippen LogP contribution is -2.24. The molecule has 2 rings (SSSR count). The molecule has 102 valence electrons. The van der Waals surface area contributed by atoms with Gasteiger partial charge in [0, 0.05) is 12.6 Å². The molecule has 1 aromatic rings. The Morgan fingerprint density at radius 2 is 1.89 bits per heavy atom. The van der Waals surface area contributed by atoms with Crippen LogP contribution in [-0.4, -0.2) is 24.5 Å². The van der Waals surface area contributed by atoms with Crippen LogP contribution in [0.4, 0.5) is 0 Å². The number of hydrogen-bond donors (Lipinski definition) is 1. The quantitative estimate of drug-likeness (QED) is 0.888. The van der Waals surface area contributed by atoms with Crippen molar-refractivity contribution in [1.29, 1.82) is 0 Å². The van der Waals surface area contributed by atoms with Gasteiger partial charge in [0.15, 0.2) is 0 Å². The van der Waals surface area contributed by atoms with Gasteiger partial charge in [-0.05, 0) is 37.9 Å². The van der Waals surface area contributed by atoms with Crippen molar-refractivity contribution in [3.63, 3.8) is 0 Å². The number of hydrogen-bond acceptors (Lipinski definition) is 2. The first kappa shape index (κ1) is 15.2. The van der Waals surface area contributed by atoms with Crippen LogP contribution >= 0.6 is 0 Å². The molecule has 1 fully saturated rings. The molecule has 0 bridgehead atoms. The molecule has 0 amide bonds. The molecule has 2 atom stereocenters. The molecular weight excluding hydrogens is 220 g/mol. The summed E-state index contributed by atoms with van der Waals surface area (Å²) < 4.78 is 0. The predicted molar refractivity (Wildman–Crippen MR) is 79.6 cm³/mol. The maximum Gasteiger partial charge on any atom is 0.0319 e. The molecule has 0 spiro atoms. The number of rotatable bonds is 3. The van der Waals surface area contributed by atoms with E-state index in [4.69, 9.17) is 5.73 Å². The Hall–Kier alpha value is -0.860. The molecule has 1 aliphatic heterocycles. The Bertz CT molecular complexity index is 310. The minimum atomic E-state index is 0.586. The summed E-state index contributed by atoms with van der Waals surface area (Å²) in [4.78, 5) is 2.61. The summed E-state index contributed by atoms with van der Waals surface area (Å²) in [5, 5.41) is 0. The Kier molecular flexibility index (Phi) is 6.99. The van der Waals surface area contributed by atoms with E-state index in [2.05, 4.69) is 49.1 Å². The van der Waals surface area contributed by atoms with Crippen LogP contribution in [0, 0.1) is 5.92 Å². The topological polar surface area (TPSA) is 29.3 Å². The molecule has 2 heteroatoms. The summed E-state index contributed by atoms with van der Waals surface area (Å²) in [5.41, 5.74) is 6.30. The molecular formula is C16H28N2. The van der Waals surface area contributed by atoms with Crippen molar-refractivity contribution < 1.29 is 0 Å². The van der Waals surface area contributed by atoms with Crippen LogP contribution in [0.25, 0.3) is 0 Å². The third-order valence-electron chi connectivity index (χ3n) is 3.72. The third-order valence-corrected chi connectivity index (χ3v) is 3.72. The lowest BCUT2D eigenvalue weighted by Gasteiger charge is -2.24. The Labute approximate surface area is 112 Å². The number of benzene rings is 1. The molecule has 1 saturated heterocycles. The highest BCUT2D eigenvalue weighted by molar-refractivity contribution is 5.18. The second-order valence-corrected chi connectivity index (χ2v) is 5.05. The van der Waals surface area contributed by atoms with Crippen molar-refractivity contribution >= 4 is 0 Å². The van der Waals surface area contributed by atoms with Gasteiger partial charge in [0.2, 0.25) is 0 Å². The van der Waals surface area contributed by atoms with Crippen LogP contribution in [0.2, 0.25) is 0 Å². The van der Waals surface area contributed by atoms with E-state index >= 15 is 0 Å². The molecule has 2 unspecified atom stereocenters. The van der Waals surface area contributed by atoms with E-state index in [-0.39, 0.29) is 0 Å². The molecule has 0 radical (unpaired) electrons. The van der Waals surface area contributed by atoms with Crippen molar-refractivity contribution in [3.8, 4) is 0 Å². The van der Waals surface area contributed by atoms with Gasteiger partial charge < -0.3 is 5.73 Å². The molecule has 1 heterocycles. The third kappa shape index (κ3) is 4.43. The van der Waals surface area contributed by atoms with Crippen molar-refractivity contribution in [2.45, 2.75) is 39.7 Å². The Morgan fingerprint density at radius 1 is 1.28 bits per heavy atom. The van der Waals surface area contributed by atoms with Crippen molar-refractivity contribution in [3.05, 3.63) is 35.9 Å². The van der Waals surface area contributed by atoms with E-state index in [1.807, 2.05) is 6.92 Å². The Balaban J connectivity index is 0.000000492. The van der Waals surface area contributed by atoms with Crippen molar-refractivity contribution in [2.24, 2.45) is 11.7 Å². The smallest absolute Gasteiger partial charge is 0.0319 e. The van der Waals surface area contributed by atoms with E-state index in [0.29, 0.717) is 6.04 Å². The van der Waals surface area contributed by atoms with Crippen LogP contribution in [0.3, 0.4) is 0 Å². The lowest BCUT2D eigenvalue weighted by molar-refractivity contribution is 0.252. The van der Waals surface area contributed by atoms with Crippen LogP contribution in [0.5, 0.6) is 0 Å². The minimum absolute atomic E-state index is 0.586. The van der Waals surface area contributed by atoms with Crippen LogP contribution in [0.15, 0.2) is 30.3 Å². The van der Waals surface area contributed by atoms with Gasteiger partial charge in [-0.15, -0.1) is 0 Å². The van der Waals surface area contributed by atoms with Crippen LogP contribution < -0.4 is 5.73 Å². The van der Waals surface area contributed by atoms with Crippen molar-refractivity contribution in [2.75, 3.05) is 19.6 Å². The average molecular weight is 248 g/mol. The summed E-state index contributed by atoms with van der Waals surface area (Å²) in [6.45, 7) is 9.84. The van der Waals surface area contributed by atoms with Gasteiger partial charge in [0.25, 0.3) is 0 Å². The maximum absolute atomic E-state index is 4.85. The standard InChI is InChI=1S/C14H21N.C2H7N/c1-3-13-9-10-15(11-13)12(2)14-7-5-4-6-8-14;1-2-3/h4-8,12-13H,3,9-11H2,1-2H3;2-3H2,1H3. The van der Waals surface area contributed by atoms with Gasteiger partial charge >= 0.3 is 0 Å². The summed E-state index contributed by atoms with van der Waals surface area (Å²) in [7, 11) is 0. The number of likely N-dealkylation sites (tertiary alicyclic amines) is 1. The zero-order valence-electron chi connectivity index (χ0n) is 12.1. The molecule has 0 aliphatic carbocycles. The monoisotopic (exact) mass is 248 g/mol.